The molecular formula is C16H22N2O5S. The van der Waals surface area contributed by atoms with E-state index in [1.165, 1.54) is 27.4 Å². The lowest BCUT2D eigenvalue weighted by Gasteiger charge is -2.09. The molecule has 132 valence electrons. The molecule has 0 fully saturated rings. The van der Waals surface area contributed by atoms with Gasteiger partial charge in [0, 0.05) is 5.41 Å². The lowest BCUT2D eigenvalue weighted by Crippen LogP contribution is -2.05. The molecule has 0 aromatic carbocycles. The van der Waals surface area contributed by atoms with Crippen molar-refractivity contribution in [1.82, 2.24) is 4.98 Å². The summed E-state index contributed by atoms with van der Waals surface area (Å²) < 4.78 is 39.7. The number of pyridine rings is 1. The number of hydrogen-bond donors (Lipinski definition) is 1. The molecule has 1 aromatic rings. The van der Waals surface area contributed by atoms with E-state index in [0.717, 1.165) is 5.41 Å². The molecule has 0 aliphatic rings. The Hall–Kier alpha value is -2.48. The molecular weight excluding hydrogens is 332 g/mol. The summed E-state index contributed by atoms with van der Waals surface area (Å²) in [5.41, 5.74) is 6.45. The Morgan fingerprint density at radius 1 is 1.29 bits per heavy atom. The molecule has 0 aliphatic carbocycles. The van der Waals surface area contributed by atoms with Gasteiger partial charge in [-0.15, -0.1) is 0 Å². The molecule has 0 radical (unpaired) electrons. The van der Waals surface area contributed by atoms with Gasteiger partial charge in [0.05, 0.1) is 38.3 Å². The first-order chi connectivity index (χ1) is 11.2. The normalized spacial score (nSPS) is 12.7. The van der Waals surface area contributed by atoms with E-state index in [9.17, 15) is 8.42 Å². The molecule has 0 bridgehead atoms. The zero-order valence-electron chi connectivity index (χ0n) is 14.2. The van der Waals surface area contributed by atoms with Crippen molar-refractivity contribution in [2.24, 2.45) is 0 Å². The molecule has 0 unspecified atom stereocenters. The molecule has 0 amide bonds. The number of nitrogen functional groups attached to an aromatic ring is 1. The Bertz CT molecular complexity index is 767. The van der Waals surface area contributed by atoms with Crippen LogP contribution in [0.2, 0.25) is 0 Å². The van der Waals surface area contributed by atoms with E-state index in [4.69, 9.17) is 19.9 Å². The second-order valence-electron chi connectivity index (χ2n) is 4.80. The van der Waals surface area contributed by atoms with Crippen LogP contribution in [-0.4, -0.2) is 34.7 Å². The Morgan fingerprint density at radius 3 is 2.46 bits per heavy atom. The van der Waals surface area contributed by atoms with Gasteiger partial charge in [-0.3, -0.25) is 0 Å². The molecule has 0 saturated heterocycles. The predicted molar refractivity (Wildman–Crippen MR) is 92.8 cm³/mol. The first kappa shape index (κ1) is 19.6. The zero-order chi connectivity index (χ0) is 18.3. The molecule has 1 rings (SSSR count). The van der Waals surface area contributed by atoms with E-state index < -0.39 is 9.84 Å². The number of anilines is 1. The molecule has 1 aromatic heterocycles. The van der Waals surface area contributed by atoms with E-state index in [2.05, 4.69) is 11.6 Å². The van der Waals surface area contributed by atoms with Gasteiger partial charge in [0.2, 0.25) is 0 Å². The van der Waals surface area contributed by atoms with Gasteiger partial charge in [0.1, 0.15) is 11.5 Å². The quantitative estimate of drug-likeness (QED) is 0.564. The van der Waals surface area contributed by atoms with Crippen LogP contribution in [-0.2, 0) is 25.1 Å². The van der Waals surface area contributed by atoms with Crippen molar-refractivity contribution in [2.45, 2.75) is 12.7 Å². The van der Waals surface area contributed by atoms with Crippen molar-refractivity contribution < 1.29 is 22.6 Å². The summed E-state index contributed by atoms with van der Waals surface area (Å²) in [5.74, 6) is 1.02. The summed E-state index contributed by atoms with van der Waals surface area (Å²) in [7, 11) is 0.803. The number of ether oxygens (including phenoxy) is 3. The first-order valence-electron chi connectivity index (χ1n) is 6.92. The standard InChI is InChI=1S/C16H22N2O5S/c1-11(21-3)14(12(2)22-4)8-9-24(19,20)10-13-6-7-15(23-5)16(17)18-13/h6-9H,1,10H2,2-5H3,(H2,17,18). The van der Waals surface area contributed by atoms with Crippen molar-refractivity contribution in [3.05, 3.63) is 53.0 Å². The van der Waals surface area contributed by atoms with Crippen molar-refractivity contribution in [3.8, 4) is 5.75 Å². The maximum atomic E-state index is 12.3. The first-order valence-corrected chi connectivity index (χ1v) is 8.64. The number of allylic oxidation sites excluding steroid dienone is 2. The van der Waals surface area contributed by atoms with Crippen LogP contribution >= 0.6 is 0 Å². The average molecular weight is 354 g/mol. The van der Waals surface area contributed by atoms with Crippen LogP contribution in [0.15, 0.2) is 47.3 Å². The van der Waals surface area contributed by atoms with Gasteiger partial charge < -0.3 is 19.9 Å². The van der Waals surface area contributed by atoms with Crippen LogP contribution in [0.3, 0.4) is 0 Å². The third-order valence-corrected chi connectivity index (χ3v) is 4.44. The Labute approximate surface area is 142 Å². The molecule has 24 heavy (non-hydrogen) atoms. The predicted octanol–water partition coefficient (Wildman–Crippen LogP) is 2.18. The van der Waals surface area contributed by atoms with Crippen molar-refractivity contribution in [1.29, 1.82) is 0 Å². The molecule has 1 heterocycles. The zero-order valence-corrected chi connectivity index (χ0v) is 15.0. The van der Waals surface area contributed by atoms with E-state index in [0.29, 0.717) is 28.5 Å². The molecule has 0 aliphatic heterocycles. The van der Waals surface area contributed by atoms with Gasteiger partial charge in [-0.1, -0.05) is 6.58 Å². The second-order valence-corrected chi connectivity index (χ2v) is 6.69. The highest BCUT2D eigenvalue weighted by Crippen LogP contribution is 2.20. The van der Waals surface area contributed by atoms with E-state index in [1.54, 1.807) is 19.1 Å². The molecule has 0 spiro atoms. The van der Waals surface area contributed by atoms with Crippen LogP contribution in [0.5, 0.6) is 5.75 Å². The van der Waals surface area contributed by atoms with Crippen LogP contribution in [0, 0.1) is 0 Å². The summed E-state index contributed by atoms with van der Waals surface area (Å²) in [6, 6.07) is 3.12. The molecule has 2 N–H and O–H groups in total. The highest BCUT2D eigenvalue weighted by atomic mass is 32.2. The number of aromatic nitrogens is 1. The Balaban J connectivity index is 3.04. The number of rotatable bonds is 8. The minimum Gasteiger partial charge on any atom is -0.501 e. The van der Waals surface area contributed by atoms with Crippen molar-refractivity contribution in [3.63, 3.8) is 0 Å². The van der Waals surface area contributed by atoms with Gasteiger partial charge in [-0.25, -0.2) is 13.4 Å². The highest BCUT2D eigenvalue weighted by Gasteiger charge is 2.13. The third-order valence-electron chi connectivity index (χ3n) is 3.19. The maximum absolute atomic E-state index is 12.3. The summed E-state index contributed by atoms with van der Waals surface area (Å²) >= 11 is 0. The summed E-state index contributed by atoms with van der Waals surface area (Å²) in [4.78, 5) is 4.02. The SMILES string of the molecule is C=C(OC)C(C=CS(=O)(=O)Cc1ccc(OC)c(N)n1)=C(C)OC. The maximum Gasteiger partial charge on any atom is 0.177 e. The molecule has 8 heteroatoms. The van der Waals surface area contributed by atoms with Gasteiger partial charge >= 0.3 is 0 Å². The van der Waals surface area contributed by atoms with E-state index >= 15 is 0 Å². The third kappa shape index (κ3) is 5.31. The van der Waals surface area contributed by atoms with Crippen LogP contribution in [0.1, 0.15) is 12.6 Å². The van der Waals surface area contributed by atoms with Gasteiger partial charge in [-0.05, 0) is 25.1 Å². The molecule has 7 nitrogen and oxygen atoms in total. The fraction of sp³-hybridized carbons (Fsp3) is 0.312. The fourth-order valence-electron chi connectivity index (χ4n) is 1.81. The van der Waals surface area contributed by atoms with Crippen LogP contribution in [0.25, 0.3) is 0 Å². The van der Waals surface area contributed by atoms with Crippen molar-refractivity contribution in [2.75, 3.05) is 27.1 Å². The number of nitrogens with two attached hydrogens (primary N) is 1. The monoisotopic (exact) mass is 354 g/mol. The number of methoxy groups -OCH3 is 3. The number of hydrogen-bond acceptors (Lipinski definition) is 7. The lowest BCUT2D eigenvalue weighted by atomic mass is 10.2. The molecule has 0 atom stereocenters. The lowest BCUT2D eigenvalue weighted by molar-refractivity contribution is 0.272. The molecule has 0 saturated carbocycles. The summed E-state index contributed by atoms with van der Waals surface area (Å²) in [6.45, 7) is 5.39. The second kappa shape index (κ2) is 8.39. The van der Waals surface area contributed by atoms with Crippen LogP contribution in [0.4, 0.5) is 5.82 Å². The Morgan fingerprint density at radius 2 is 1.96 bits per heavy atom. The van der Waals surface area contributed by atoms with Gasteiger partial charge in [0.25, 0.3) is 0 Å². The van der Waals surface area contributed by atoms with Gasteiger partial charge in [0.15, 0.2) is 21.4 Å². The minimum atomic E-state index is -3.58. The topological polar surface area (TPSA) is 101 Å². The number of nitrogens with zero attached hydrogens (tertiary/aromatic N) is 1. The van der Waals surface area contributed by atoms with E-state index in [1.807, 2.05) is 0 Å². The number of sulfone groups is 1. The minimum absolute atomic E-state index is 0.137. The smallest absolute Gasteiger partial charge is 0.177 e. The van der Waals surface area contributed by atoms with E-state index in [-0.39, 0.29) is 11.6 Å². The highest BCUT2D eigenvalue weighted by molar-refractivity contribution is 7.93. The largest absolute Gasteiger partial charge is 0.501 e. The fourth-order valence-corrected chi connectivity index (χ4v) is 2.82. The Kier molecular flexibility index (Phi) is 6.84. The summed E-state index contributed by atoms with van der Waals surface area (Å²) in [5, 5.41) is 1.07. The van der Waals surface area contributed by atoms with Crippen LogP contribution < -0.4 is 10.5 Å². The van der Waals surface area contributed by atoms with Gasteiger partial charge in [-0.2, -0.15) is 0 Å². The van der Waals surface area contributed by atoms with Crippen molar-refractivity contribution >= 4 is 15.7 Å². The average Bonchev–Trinajstić information content (AvgIpc) is 2.54. The summed E-state index contributed by atoms with van der Waals surface area (Å²) in [6.07, 6.45) is 1.38.